The lowest BCUT2D eigenvalue weighted by atomic mass is 9.95. The van der Waals surface area contributed by atoms with Crippen LogP contribution in [0.15, 0.2) is 0 Å². The number of hydrogen-bond donors (Lipinski definition) is 0. The van der Waals surface area contributed by atoms with Crippen molar-refractivity contribution in [2.24, 2.45) is 0 Å². The molecule has 0 aromatic carbocycles. The third-order valence-electron chi connectivity index (χ3n) is 3.01. The summed E-state index contributed by atoms with van der Waals surface area (Å²) in [5.74, 6) is 2.75. The molecule has 0 heterocycles. The summed E-state index contributed by atoms with van der Waals surface area (Å²) in [6.07, 6.45) is 13.3. The average molecular weight is 442 g/mol. The van der Waals surface area contributed by atoms with Crippen LogP contribution in [0.5, 0.6) is 0 Å². The van der Waals surface area contributed by atoms with E-state index in [1.54, 1.807) is 0 Å². The second-order valence-corrected chi connectivity index (χ2v) is 6.83. The molecule has 0 aliphatic carbocycles. The maximum absolute atomic E-state index is 12.9. The van der Waals surface area contributed by atoms with Crippen molar-refractivity contribution in [1.82, 2.24) is 0 Å². The summed E-state index contributed by atoms with van der Waals surface area (Å²) in [7, 11) is -4.44. The van der Waals surface area contributed by atoms with Gasteiger partial charge in [0, 0.05) is 0 Å². The van der Waals surface area contributed by atoms with E-state index in [0.717, 1.165) is 0 Å². The number of hydrogen-bond acceptors (Lipinski definition) is 10. The SMILES string of the molecule is C#CCOC(=O)CC(CC(=O)OCC#C)(OP(=O)(OCC)OCC)C(=O)OCC#C. The van der Waals surface area contributed by atoms with E-state index >= 15 is 0 Å². The number of phosphoric ester groups is 1. The molecule has 0 atom stereocenters. The van der Waals surface area contributed by atoms with Gasteiger partial charge in [-0.25, -0.2) is 9.36 Å². The van der Waals surface area contributed by atoms with E-state index in [1.165, 1.54) is 13.8 Å². The van der Waals surface area contributed by atoms with E-state index in [1.807, 2.05) is 5.92 Å². The van der Waals surface area contributed by atoms with Crippen molar-refractivity contribution in [1.29, 1.82) is 0 Å². The van der Waals surface area contributed by atoms with Crippen molar-refractivity contribution in [2.45, 2.75) is 32.3 Å². The van der Waals surface area contributed by atoms with E-state index < -0.39 is 64.0 Å². The Morgan fingerprint density at radius 2 is 1.20 bits per heavy atom. The quantitative estimate of drug-likeness (QED) is 0.168. The summed E-state index contributed by atoms with van der Waals surface area (Å²) in [6, 6.07) is 0. The van der Waals surface area contributed by atoms with Crippen LogP contribution in [0.25, 0.3) is 0 Å². The molecule has 0 N–H and O–H groups in total. The van der Waals surface area contributed by atoms with Gasteiger partial charge in [0.2, 0.25) is 0 Å². The van der Waals surface area contributed by atoms with Gasteiger partial charge in [-0.15, -0.1) is 19.3 Å². The zero-order valence-electron chi connectivity index (χ0n) is 16.7. The molecule has 0 fully saturated rings. The van der Waals surface area contributed by atoms with E-state index in [-0.39, 0.29) is 13.2 Å². The lowest BCUT2D eigenvalue weighted by molar-refractivity contribution is -0.175. The molecular formula is C19H23O10P. The molecule has 0 spiro atoms. The normalized spacial score (nSPS) is 10.8. The molecule has 0 amide bonds. The summed E-state index contributed by atoms with van der Waals surface area (Å²) < 4.78 is 42.6. The van der Waals surface area contributed by atoms with Crippen molar-refractivity contribution >= 4 is 25.7 Å². The maximum atomic E-state index is 12.9. The first-order valence-electron chi connectivity index (χ1n) is 8.61. The monoisotopic (exact) mass is 442 g/mol. The number of ether oxygens (including phenoxy) is 3. The highest BCUT2D eigenvalue weighted by Crippen LogP contribution is 2.54. The first-order valence-corrected chi connectivity index (χ1v) is 10.1. The summed E-state index contributed by atoms with van der Waals surface area (Å²) in [5.41, 5.74) is -2.52. The number of carbonyl (C=O) groups excluding carboxylic acids is 3. The molecule has 164 valence electrons. The van der Waals surface area contributed by atoms with Gasteiger partial charge in [0.1, 0.15) is 0 Å². The van der Waals surface area contributed by atoms with Gasteiger partial charge < -0.3 is 14.2 Å². The van der Waals surface area contributed by atoms with Crippen LogP contribution >= 0.6 is 7.82 Å². The Bertz CT molecular complexity index is 726. The minimum Gasteiger partial charge on any atom is -0.452 e. The van der Waals surface area contributed by atoms with Gasteiger partial charge in [-0.1, -0.05) is 17.8 Å². The molecule has 0 radical (unpaired) electrons. The summed E-state index contributed by atoms with van der Waals surface area (Å²) in [6.45, 7) is 1.29. The fourth-order valence-corrected chi connectivity index (χ4v) is 3.42. The molecule has 0 saturated carbocycles. The molecule has 0 saturated heterocycles. The first kappa shape index (κ1) is 27.2. The number of esters is 3. The minimum absolute atomic E-state index is 0.143. The number of rotatable bonds is 14. The highest BCUT2D eigenvalue weighted by Gasteiger charge is 2.52. The number of terminal acetylenes is 3. The molecule has 30 heavy (non-hydrogen) atoms. The van der Waals surface area contributed by atoms with Gasteiger partial charge in [0.25, 0.3) is 0 Å². The lowest BCUT2D eigenvalue weighted by Gasteiger charge is -2.32. The molecule has 0 rings (SSSR count). The Hall–Kier alpha value is -2.80. The Balaban J connectivity index is 6.19. The maximum Gasteiger partial charge on any atom is 0.475 e. The summed E-state index contributed by atoms with van der Waals surface area (Å²) in [5, 5.41) is 0. The minimum atomic E-state index is -4.44. The van der Waals surface area contributed by atoms with Crippen molar-refractivity contribution in [3.63, 3.8) is 0 Å². The zero-order valence-corrected chi connectivity index (χ0v) is 17.6. The Labute approximate surface area is 175 Å². The summed E-state index contributed by atoms with van der Waals surface area (Å²) in [4.78, 5) is 37.1. The first-order chi connectivity index (χ1) is 14.2. The molecule has 0 bridgehead atoms. The zero-order chi connectivity index (χ0) is 23.0. The Kier molecular flexibility index (Phi) is 12.9. The van der Waals surface area contributed by atoms with Gasteiger partial charge in [0.15, 0.2) is 25.4 Å². The number of carbonyl (C=O) groups is 3. The molecule has 10 nitrogen and oxygen atoms in total. The fourth-order valence-electron chi connectivity index (χ4n) is 1.98. The highest BCUT2D eigenvalue weighted by atomic mass is 31.2. The van der Waals surface area contributed by atoms with Crippen molar-refractivity contribution in [3.05, 3.63) is 0 Å². The van der Waals surface area contributed by atoms with Gasteiger partial charge in [-0.3, -0.25) is 23.2 Å². The van der Waals surface area contributed by atoms with E-state index in [0.29, 0.717) is 0 Å². The molecular weight excluding hydrogens is 419 g/mol. The predicted octanol–water partition coefficient (Wildman–Crippen LogP) is 1.23. The lowest BCUT2D eigenvalue weighted by Crippen LogP contribution is -2.47. The van der Waals surface area contributed by atoms with Crippen LogP contribution in [0.1, 0.15) is 26.7 Å². The second kappa shape index (κ2) is 14.2. The van der Waals surface area contributed by atoms with E-state index in [4.69, 9.17) is 47.1 Å². The fraction of sp³-hybridized carbons (Fsp3) is 0.526. The van der Waals surface area contributed by atoms with Crippen LogP contribution in [0, 0.1) is 37.0 Å². The average Bonchev–Trinajstić information content (AvgIpc) is 2.68. The molecule has 0 aliphatic heterocycles. The van der Waals surface area contributed by atoms with Crippen LogP contribution in [-0.4, -0.2) is 56.5 Å². The molecule has 0 unspecified atom stereocenters. The highest BCUT2D eigenvalue weighted by molar-refractivity contribution is 7.48. The van der Waals surface area contributed by atoms with Crippen molar-refractivity contribution < 1.29 is 46.7 Å². The second-order valence-electron chi connectivity index (χ2n) is 5.23. The largest absolute Gasteiger partial charge is 0.475 e. The van der Waals surface area contributed by atoms with Crippen molar-refractivity contribution in [2.75, 3.05) is 33.0 Å². The van der Waals surface area contributed by atoms with Crippen LogP contribution in [0.4, 0.5) is 0 Å². The molecule has 0 aliphatic rings. The standard InChI is InChI=1S/C19H23O10P/c1-6-11-24-16(20)14-19(18(22)26-13-8-3,15-17(21)25-12-7-2)29-30(23,27-9-4)28-10-5/h1-3H,9-15H2,4-5H3. The van der Waals surface area contributed by atoms with Gasteiger partial charge in [0.05, 0.1) is 26.1 Å². The summed E-state index contributed by atoms with van der Waals surface area (Å²) >= 11 is 0. The van der Waals surface area contributed by atoms with Crippen molar-refractivity contribution in [3.8, 4) is 37.0 Å². The predicted molar refractivity (Wildman–Crippen MR) is 103 cm³/mol. The number of phosphoric acid groups is 1. The molecule has 0 aromatic rings. The Morgan fingerprint density at radius 3 is 1.57 bits per heavy atom. The van der Waals surface area contributed by atoms with Crippen LogP contribution in [0.2, 0.25) is 0 Å². The van der Waals surface area contributed by atoms with Crippen LogP contribution in [0.3, 0.4) is 0 Å². The van der Waals surface area contributed by atoms with Crippen LogP contribution in [-0.2, 0) is 46.7 Å². The third-order valence-corrected chi connectivity index (χ3v) is 4.73. The van der Waals surface area contributed by atoms with Gasteiger partial charge >= 0.3 is 25.7 Å². The smallest absolute Gasteiger partial charge is 0.452 e. The third kappa shape index (κ3) is 9.60. The van der Waals surface area contributed by atoms with Gasteiger partial charge in [-0.2, -0.15) is 0 Å². The van der Waals surface area contributed by atoms with Gasteiger partial charge in [-0.05, 0) is 13.8 Å². The molecule has 11 heteroatoms. The topological polar surface area (TPSA) is 124 Å². The van der Waals surface area contributed by atoms with Crippen LogP contribution < -0.4 is 0 Å². The Morgan fingerprint density at radius 1 is 0.800 bits per heavy atom. The molecule has 0 aromatic heterocycles. The van der Waals surface area contributed by atoms with E-state index in [9.17, 15) is 18.9 Å². The van der Waals surface area contributed by atoms with E-state index in [2.05, 4.69) is 11.8 Å².